The van der Waals surface area contributed by atoms with Crippen LogP contribution in [-0.2, 0) is 35.5 Å². The second kappa shape index (κ2) is 15.3. The summed E-state index contributed by atoms with van der Waals surface area (Å²) in [6, 6.07) is 54.5. The molecule has 6 aromatic carbocycles. The fraction of sp³-hybridized carbons (Fsp3) is 0.294. The minimum atomic E-state index is -3.18. The molecule has 6 rings (SSSR count). The quantitative estimate of drug-likeness (QED) is 0.0789. The standard InChI is InChI=1S/C51H57ClSi/c1-49(2,3)43-28-40(25-37-19-13-10-14-20-37)31-46(34-43)53(52,47-32-41(26-38-21-15-11-16-22-38)29-44(35-47)50(4,5)6)48-33-42(27-39-23-17-12-18-24-39)30-45(36-48)51(7,8)9/h10-24,28-36H,25-27H2,1-9H3. The maximum absolute atomic E-state index is 8.75. The van der Waals surface area contributed by atoms with Crippen molar-refractivity contribution in [3.63, 3.8) is 0 Å². The van der Waals surface area contributed by atoms with Crippen LogP contribution in [0.3, 0.4) is 0 Å². The minimum Gasteiger partial charge on any atom is -0.149 e. The number of benzene rings is 6. The molecule has 0 aliphatic heterocycles. The molecule has 0 unspecified atom stereocenters. The Morgan fingerprint density at radius 3 is 0.811 bits per heavy atom. The molecule has 0 saturated heterocycles. The van der Waals surface area contributed by atoms with E-state index in [-0.39, 0.29) is 16.2 Å². The Hall–Kier alpha value is -4.17. The van der Waals surface area contributed by atoms with E-state index in [4.69, 9.17) is 11.1 Å². The molecule has 0 nitrogen and oxygen atoms in total. The molecule has 0 aromatic heterocycles. The molecule has 0 radical (unpaired) electrons. The summed E-state index contributed by atoms with van der Waals surface area (Å²) < 4.78 is 0. The van der Waals surface area contributed by atoms with Crippen molar-refractivity contribution in [2.75, 3.05) is 0 Å². The van der Waals surface area contributed by atoms with E-state index >= 15 is 0 Å². The van der Waals surface area contributed by atoms with E-state index in [1.54, 1.807) is 0 Å². The van der Waals surface area contributed by atoms with Gasteiger partial charge in [0.25, 0.3) is 0 Å². The second-order valence-electron chi connectivity index (χ2n) is 18.2. The molecule has 0 aliphatic carbocycles. The van der Waals surface area contributed by atoms with Crippen LogP contribution in [0, 0.1) is 0 Å². The van der Waals surface area contributed by atoms with Gasteiger partial charge in [0.15, 0.2) is 0 Å². The summed E-state index contributed by atoms with van der Waals surface area (Å²) in [6.45, 7) is 20.9. The first kappa shape index (κ1) is 38.5. The van der Waals surface area contributed by atoms with Gasteiger partial charge in [0.05, 0.1) is 0 Å². The lowest BCUT2D eigenvalue weighted by atomic mass is 9.85. The molecule has 272 valence electrons. The van der Waals surface area contributed by atoms with Gasteiger partial charge in [-0.3, -0.25) is 0 Å². The van der Waals surface area contributed by atoms with Crippen LogP contribution in [0.15, 0.2) is 146 Å². The van der Waals surface area contributed by atoms with E-state index in [2.05, 4.69) is 208 Å². The molecular weight excluding hydrogens is 676 g/mol. The molecule has 0 atom stereocenters. The Morgan fingerprint density at radius 2 is 0.585 bits per heavy atom. The SMILES string of the molecule is CC(C)(C)c1cc(Cc2ccccc2)cc([Si](Cl)(c2cc(Cc3ccccc3)cc(C(C)(C)C)c2)c2cc(Cc3ccccc3)cc(C(C)(C)C)c2)c1. The van der Waals surface area contributed by atoms with Gasteiger partial charge in [-0.25, -0.2) is 0 Å². The van der Waals surface area contributed by atoms with Crippen LogP contribution in [-0.4, -0.2) is 7.38 Å². The average molecular weight is 734 g/mol. The lowest BCUT2D eigenvalue weighted by Gasteiger charge is -2.33. The van der Waals surface area contributed by atoms with Crippen molar-refractivity contribution in [3.8, 4) is 0 Å². The normalized spacial score (nSPS) is 12.6. The molecule has 0 saturated carbocycles. The lowest BCUT2D eigenvalue weighted by Crippen LogP contribution is -2.63. The zero-order valence-electron chi connectivity index (χ0n) is 33.4. The third kappa shape index (κ3) is 9.32. The predicted octanol–water partition coefficient (Wildman–Crippen LogP) is 11.6. The van der Waals surface area contributed by atoms with E-state index < -0.39 is 7.38 Å². The molecule has 0 fully saturated rings. The molecule has 53 heavy (non-hydrogen) atoms. The minimum absolute atomic E-state index is 0.0505. The summed E-state index contributed by atoms with van der Waals surface area (Å²) in [5, 5.41) is 3.77. The fourth-order valence-electron chi connectivity index (χ4n) is 7.27. The summed E-state index contributed by atoms with van der Waals surface area (Å²) in [5.41, 5.74) is 11.7. The Kier molecular flexibility index (Phi) is 11.1. The van der Waals surface area contributed by atoms with E-state index in [1.807, 2.05) is 0 Å². The lowest BCUT2D eigenvalue weighted by molar-refractivity contribution is 0.590. The molecule has 0 heterocycles. The molecule has 2 heteroatoms. The highest BCUT2D eigenvalue weighted by Gasteiger charge is 2.41. The highest BCUT2D eigenvalue weighted by atomic mass is 35.6. The Labute approximate surface area is 326 Å². The Balaban J connectivity index is 1.67. The third-order valence-corrected chi connectivity index (χ3v) is 15.7. The Bertz CT molecular complexity index is 1900. The monoisotopic (exact) mass is 732 g/mol. The summed E-state index contributed by atoms with van der Waals surface area (Å²) >= 11 is 8.75. The molecule has 0 aliphatic rings. The van der Waals surface area contributed by atoms with Gasteiger partial charge in [-0.05, 0) is 101 Å². The first-order chi connectivity index (χ1) is 25.0. The summed E-state index contributed by atoms with van der Waals surface area (Å²) in [5.74, 6) is 0. The van der Waals surface area contributed by atoms with Crippen molar-refractivity contribution in [2.45, 2.75) is 97.8 Å². The van der Waals surface area contributed by atoms with Gasteiger partial charge in [-0.2, -0.15) is 0 Å². The van der Waals surface area contributed by atoms with Gasteiger partial charge in [0, 0.05) is 0 Å². The highest BCUT2D eigenvalue weighted by Crippen LogP contribution is 2.30. The van der Waals surface area contributed by atoms with E-state index in [0.717, 1.165) is 19.3 Å². The van der Waals surface area contributed by atoms with Crippen molar-refractivity contribution < 1.29 is 0 Å². The van der Waals surface area contributed by atoms with Crippen LogP contribution in [0.25, 0.3) is 0 Å². The first-order valence-electron chi connectivity index (χ1n) is 19.2. The molecule has 6 aromatic rings. The smallest absolute Gasteiger partial charge is 0.149 e. The molecule has 0 amide bonds. The maximum atomic E-state index is 8.75. The van der Waals surface area contributed by atoms with Crippen LogP contribution >= 0.6 is 11.1 Å². The van der Waals surface area contributed by atoms with Crippen LogP contribution in [0.5, 0.6) is 0 Å². The van der Waals surface area contributed by atoms with Crippen molar-refractivity contribution in [1.29, 1.82) is 0 Å². The van der Waals surface area contributed by atoms with Crippen molar-refractivity contribution in [2.24, 2.45) is 0 Å². The molecule has 0 spiro atoms. The van der Waals surface area contributed by atoms with Gasteiger partial charge in [-0.15, -0.1) is 11.1 Å². The van der Waals surface area contributed by atoms with Crippen molar-refractivity contribution in [3.05, 3.63) is 196 Å². The Morgan fingerprint density at radius 1 is 0.340 bits per heavy atom. The van der Waals surface area contributed by atoms with Gasteiger partial charge in [-0.1, -0.05) is 208 Å². The van der Waals surface area contributed by atoms with Gasteiger partial charge >= 0.3 is 0 Å². The number of halogens is 1. The summed E-state index contributed by atoms with van der Waals surface area (Å²) in [4.78, 5) is 0. The van der Waals surface area contributed by atoms with Gasteiger partial charge in [0.2, 0.25) is 7.38 Å². The first-order valence-corrected chi connectivity index (χ1v) is 22.3. The highest BCUT2D eigenvalue weighted by molar-refractivity contribution is 7.40. The third-order valence-electron chi connectivity index (χ3n) is 10.5. The van der Waals surface area contributed by atoms with Crippen LogP contribution in [0.1, 0.15) is 112 Å². The van der Waals surface area contributed by atoms with E-state index in [0.29, 0.717) is 0 Å². The maximum Gasteiger partial charge on any atom is 0.248 e. The number of hydrogen-bond acceptors (Lipinski definition) is 0. The largest absolute Gasteiger partial charge is 0.248 e. The number of rotatable bonds is 9. The van der Waals surface area contributed by atoms with E-state index in [9.17, 15) is 0 Å². The van der Waals surface area contributed by atoms with Crippen molar-refractivity contribution in [1.82, 2.24) is 0 Å². The molecular formula is C51H57ClSi. The second-order valence-corrected chi connectivity index (χ2v) is 22.9. The topological polar surface area (TPSA) is 0 Å². The van der Waals surface area contributed by atoms with Gasteiger partial charge < -0.3 is 0 Å². The van der Waals surface area contributed by atoms with Crippen LogP contribution < -0.4 is 15.6 Å². The van der Waals surface area contributed by atoms with Crippen LogP contribution in [0.2, 0.25) is 0 Å². The van der Waals surface area contributed by atoms with E-state index in [1.165, 1.54) is 65.6 Å². The fourth-order valence-corrected chi connectivity index (χ4v) is 11.5. The summed E-state index contributed by atoms with van der Waals surface area (Å²) in [6.07, 6.45) is 2.59. The van der Waals surface area contributed by atoms with Crippen molar-refractivity contribution >= 4 is 34.0 Å². The predicted molar refractivity (Wildman–Crippen MR) is 234 cm³/mol. The summed E-state index contributed by atoms with van der Waals surface area (Å²) in [7, 11) is -3.18. The van der Waals surface area contributed by atoms with Crippen LogP contribution in [0.4, 0.5) is 0 Å². The molecule has 0 N–H and O–H groups in total. The molecule has 0 bridgehead atoms. The van der Waals surface area contributed by atoms with Gasteiger partial charge in [0.1, 0.15) is 0 Å². The zero-order valence-corrected chi connectivity index (χ0v) is 35.1. The number of hydrogen-bond donors (Lipinski definition) is 0. The average Bonchev–Trinajstić information content (AvgIpc) is 3.11. The zero-order chi connectivity index (χ0) is 38.0.